The molecule has 0 saturated carbocycles. The van der Waals surface area contributed by atoms with Crippen LogP contribution in [0.2, 0.25) is 5.02 Å². The summed E-state index contributed by atoms with van der Waals surface area (Å²) in [6.07, 6.45) is -0.126. The molecule has 0 amide bonds. The molecule has 0 aliphatic rings. The van der Waals surface area contributed by atoms with Crippen LogP contribution in [-0.4, -0.2) is 19.4 Å². The highest BCUT2D eigenvalue weighted by Gasteiger charge is 2.09. The van der Waals surface area contributed by atoms with E-state index in [9.17, 15) is 9.18 Å². The van der Waals surface area contributed by atoms with Gasteiger partial charge in [-0.05, 0) is 18.2 Å². The van der Waals surface area contributed by atoms with Crippen molar-refractivity contribution >= 4 is 23.1 Å². The van der Waals surface area contributed by atoms with Gasteiger partial charge in [0.05, 0.1) is 24.1 Å². The fourth-order valence-electron chi connectivity index (χ4n) is 1.22. The minimum absolute atomic E-state index is 0.0112. The fraction of sp³-hybridized carbons (Fsp3) is 0.273. The van der Waals surface area contributed by atoms with E-state index in [0.29, 0.717) is 5.69 Å². The molecule has 0 N–H and O–H groups in total. The number of Topliss-reactive ketones (excluding diaryl/α,β-unsaturated/α-hetero) is 1. The maximum Gasteiger partial charge on any atom is 0.166 e. The summed E-state index contributed by atoms with van der Waals surface area (Å²) in [5, 5.41) is 8.35. The highest BCUT2D eigenvalue weighted by Crippen LogP contribution is 2.21. The third kappa shape index (κ3) is 3.21. The molecule has 16 heavy (non-hydrogen) atoms. The number of rotatable bonds is 4. The summed E-state index contributed by atoms with van der Waals surface area (Å²) in [4.78, 5) is 12.8. The summed E-state index contributed by atoms with van der Waals surface area (Å²) in [5.74, 6) is -0.687. The first-order valence-corrected chi connectivity index (χ1v) is 4.97. The Labute approximate surface area is 98.0 Å². The van der Waals surface area contributed by atoms with Crippen LogP contribution in [0.3, 0.4) is 0 Å². The second kappa shape index (κ2) is 5.47. The molecule has 5 heteroatoms. The van der Waals surface area contributed by atoms with Crippen molar-refractivity contribution in [2.45, 2.75) is 6.42 Å². The number of benzene rings is 1. The third-order valence-electron chi connectivity index (χ3n) is 2.03. The van der Waals surface area contributed by atoms with E-state index in [1.165, 1.54) is 18.2 Å². The molecule has 0 aliphatic heterocycles. The van der Waals surface area contributed by atoms with Crippen LogP contribution in [0.15, 0.2) is 18.2 Å². The van der Waals surface area contributed by atoms with Crippen LogP contribution in [0, 0.1) is 17.1 Å². The van der Waals surface area contributed by atoms with Crippen molar-refractivity contribution in [3.8, 4) is 6.07 Å². The molecule has 0 bridgehead atoms. The third-order valence-corrected chi connectivity index (χ3v) is 2.32. The molecule has 0 atom stereocenters. The molecule has 1 aromatic rings. The SMILES string of the molecule is CN(CC(=O)CC#N)c1ccc(F)c(Cl)c1. The van der Waals surface area contributed by atoms with Gasteiger partial charge in [0.2, 0.25) is 0 Å². The van der Waals surface area contributed by atoms with Gasteiger partial charge in [0.15, 0.2) is 5.78 Å². The lowest BCUT2D eigenvalue weighted by Crippen LogP contribution is -2.25. The lowest BCUT2D eigenvalue weighted by Gasteiger charge is -2.18. The van der Waals surface area contributed by atoms with Gasteiger partial charge in [0, 0.05) is 12.7 Å². The molecule has 1 aromatic carbocycles. The number of likely N-dealkylation sites (N-methyl/N-ethyl adjacent to an activating group) is 1. The van der Waals surface area contributed by atoms with E-state index < -0.39 is 5.82 Å². The largest absolute Gasteiger partial charge is 0.367 e. The summed E-state index contributed by atoms with van der Waals surface area (Å²) in [6.45, 7) is 0.107. The van der Waals surface area contributed by atoms with Crippen LogP contribution in [0.5, 0.6) is 0 Å². The first-order chi connectivity index (χ1) is 7.54. The smallest absolute Gasteiger partial charge is 0.166 e. The van der Waals surface area contributed by atoms with Gasteiger partial charge in [0.25, 0.3) is 0 Å². The van der Waals surface area contributed by atoms with Gasteiger partial charge in [-0.15, -0.1) is 0 Å². The van der Waals surface area contributed by atoms with E-state index in [1.54, 1.807) is 18.0 Å². The molecule has 84 valence electrons. The van der Waals surface area contributed by atoms with E-state index in [1.807, 2.05) is 0 Å². The van der Waals surface area contributed by atoms with Crippen LogP contribution < -0.4 is 4.90 Å². The van der Waals surface area contributed by atoms with Gasteiger partial charge in [-0.25, -0.2) is 4.39 Å². The first-order valence-electron chi connectivity index (χ1n) is 4.59. The molecular weight excluding hydrogens is 231 g/mol. The van der Waals surface area contributed by atoms with Crippen molar-refractivity contribution in [3.05, 3.63) is 29.0 Å². The van der Waals surface area contributed by atoms with Gasteiger partial charge in [-0.1, -0.05) is 11.6 Å². The molecular formula is C11H10ClFN2O. The van der Waals surface area contributed by atoms with Crippen LogP contribution in [-0.2, 0) is 4.79 Å². The molecule has 3 nitrogen and oxygen atoms in total. The highest BCUT2D eigenvalue weighted by molar-refractivity contribution is 6.31. The quantitative estimate of drug-likeness (QED) is 0.812. The molecule has 0 aromatic heterocycles. The maximum atomic E-state index is 12.9. The fourth-order valence-corrected chi connectivity index (χ4v) is 1.40. The van der Waals surface area contributed by atoms with E-state index in [-0.39, 0.29) is 23.8 Å². The Morgan fingerprint density at radius 3 is 2.88 bits per heavy atom. The Bertz CT molecular complexity index is 442. The average molecular weight is 241 g/mol. The van der Waals surface area contributed by atoms with E-state index in [0.717, 1.165) is 0 Å². The molecule has 0 aliphatic carbocycles. The Kier molecular flexibility index (Phi) is 4.27. The van der Waals surface area contributed by atoms with Gasteiger partial charge in [0.1, 0.15) is 5.82 Å². The number of carbonyl (C=O) groups excluding carboxylic acids is 1. The van der Waals surface area contributed by atoms with Crippen LogP contribution >= 0.6 is 11.6 Å². The topological polar surface area (TPSA) is 44.1 Å². The van der Waals surface area contributed by atoms with Gasteiger partial charge in [-0.2, -0.15) is 5.26 Å². The second-order valence-corrected chi connectivity index (χ2v) is 3.74. The number of ketones is 1. The number of halogens is 2. The van der Waals surface area contributed by atoms with Crippen molar-refractivity contribution in [1.82, 2.24) is 0 Å². The number of hydrogen-bond donors (Lipinski definition) is 0. The number of nitriles is 1. The van der Waals surface area contributed by atoms with Crippen molar-refractivity contribution in [3.63, 3.8) is 0 Å². The van der Waals surface area contributed by atoms with Crippen LogP contribution in [0.25, 0.3) is 0 Å². The number of carbonyl (C=O) groups is 1. The standard InChI is InChI=1S/C11H10ClFN2O/c1-15(7-9(16)4-5-14)8-2-3-11(13)10(12)6-8/h2-3,6H,4,7H2,1H3. The van der Waals surface area contributed by atoms with Gasteiger partial charge < -0.3 is 4.90 Å². The van der Waals surface area contributed by atoms with Crippen molar-refractivity contribution < 1.29 is 9.18 Å². The van der Waals surface area contributed by atoms with Gasteiger partial charge in [-0.3, -0.25) is 4.79 Å². The van der Waals surface area contributed by atoms with E-state index in [4.69, 9.17) is 16.9 Å². The van der Waals surface area contributed by atoms with Crippen molar-refractivity contribution in [2.75, 3.05) is 18.5 Å². The lowest BCUT2D eigenvalue weighted by molar-refractivity contribution is -0.116. The number of hydrogen-bond acceptors (Lipinski definition) is 3. The Balaban J connectivity index is 2.74. The number of anilines is 1. The monoisotopic (exact) mass is 240 g/mol. The summed E-state index contributed by atoms with van der Waals surface area (Å²) < 4.78 is 12.9. The summed E-state index contributed by atoms with van der Waals surface area (Å²) in [7, 11) is 1.68. The van der Waals surface area contributed by atoms with Gasteiger partial charge >= 0.3 is 0 Å². The minimum atomic E-state index is -0.498. The average Bonchev–Trinajstić information content (AvgIpc) is 2.22. The summed E-state index contributed by atoms with van der Waals surface area (Å²) in [5.41, 5.74) is 0.637. The zero-order valence-electron chi connectivity index (χ0n) is 8.70. The molecule has 1 rings (SSSR count). The normalized spacial score (nSPS) is 9.62. The molecule has 0 radical (unpaired) electrons. The van der Waals surface area contributed by atoms with Crippen molar-refractivity contribution in [2.24, 2.45) is 0 Å². The molecule has 0 unspecified atom stereocenters. The maximum absolute atomic E-state index is 12.9. The number of nitrogens with zero attached hydrogens (tertiary/aromatic N) is 2. The summed E-state index contributed by atoms with van der Waals surface area (Å²) in [6, 6.07) is 5.99. The Morgan fingerprint density at radius 1 is 1.62 bits per heavy atom. The highest BCUT2D eigenvalue weighted by atomic mass is 35.5. The first kappa shape index (κ1) is 12.5. The lowest BCUT2D eigenvalue weighted by atomic mass is 10.2. The van der Waals surface area contributed by atoms with E-state index in [2.05, 4.69) is 0 Å². The summed E-state index contributed by atoms with van der Waals surface area (Å²) >= 11 is 5.62. The zero-order valence-corrected chi connectivity index (χ0v) is 9.46. The zero-order chi connectivity index (χ0) is 12.1. The molecule has 0 fully saturated rings. The van der Waals surface area contributed by atoms with Crippen LogP contribution in [0.4, 0.5) is 10.1 Å². The predicted octanol–water partition coefficient (Wildman–Crippen LogP) is 2.40. The predicted molar refractivity (Wildman–Crippen MR) is 59.9 cm³/mol. The second-order valence-electron chi connectivity index (χ2n) is 3.33. The Morgan fingerprint density at radius 2 is 2.31 bits per heavy atom. The molecule has 0 heterocycles. The van der Waals surface area contributed by atoms with Crippen molar-refractivity contribution in [1.29, 1.82) is 5.26 Å². The minimum Gasteiger partial charge on any atom is -0.367 e. The van der Waals surface area contributed by atoms with Crippen LogP contribution in [0.1, 0.15) is 6.42 Å². The van der Waals surface area contributed by atoms with E-state index >= 15 is 0 Å². The Hall–Kier alpha value is -1.60. The molecule has 0 spiro atoms. The molecule has 0 saturated heterocycles.